The van der Waals surface area contributed by atoms with E-state index in [1.807, 2.05) is 72.9 Å². The number of benzene rings is 3. The summed E-state index contributed by atoms with van der Waals surface area (Å²) in [6.07, 6.45) is 3.47. The Morgan fingerprint density at radius 1 is 1.00 bits per heavy atom. The van der Waals surface area contributed by atoms with E-state index in [9.17, 15) is 4.79 Å². The molecule has 4 aromatic rings. The Kier molecular flexibility index (Phi) is 4.35. The fraction of sp³-hybridized carbons (Fsp3) is 0.0476. The normalized spacial score (nSPS) is 11.2. The van der Waals surface area contributed by atoms with Crippen molar-refractivity contribution in [2.45, 2.75) is 0 Å². The summed E-state index contributed by atoms with van der Waals surface area (Å²) in [6.45, 7) is -0.0980. The van der Waals surface area contributed by atoms with Crippen LogP contribution in [-0.4, -0.2) is 23.7 Å². The van der Waals surface area contributed by atoms with Crippen LogP contribution in [0.15, 0.2) is 78.0 Å². The number of fused-ring (bicyclic) bond motifs is 2. The number of amides is 1. The minimum Gasteiger partial charge on any atom is -0.483 e. The number of aromatic amines is 1. The number of carbonyl (C=O) groups is 1. The van der Waals surface area contributed by atoms with Crippen molar-refractivity contribution in [2.24, 2.45) is 5.10 Å². The van der Waals surface area contributed by atoms with E-state index in [1.54, 1.807) is 6.21 Å². The second kappa shape index (κ2) is 7.11. The van der Waals surface area contributed by atoms with Crippen LogP contribution in [0.4, 0.5) is 0 Å². The molecule has 0 unspecified atom stereocenters. The Morgan fingerprint density at radius 3 is 2.69 bits per heavy atom. The third-order valence-electron chi connectivity index (χ3n) is 4.12. The van der Waals surface area contributed by atoms with Gasteiger partial charge in [0.15, 0.2) is 6.61 Å². The number of nitrogens with one attached hydrogen (secondary N) is 2. The number of hydrogen-bond acceptors (Lipinski definition) is 3. The molecule has 1 heterocycles. The third kappa shape index (κ3) is 3.28. The monoisotopic (exact) mass is 343 g/mol. The van der Waals surface area contributed by atoms with E-state index >= 15 is 0 Å². The number of hydrogen-bond donors (Lipinski definition) is 2. The van der Waals surface area contributed by atoms with Crippen LogP contribution in [0, 0.1) is 0 Å². The Morgan fingerprint density at radius 2 is 1.77 bits per heavy atom. The minimum atomic E-state index is -0.311. The lowest BCUT2D eigenvalue weighted by atomic mass is 10.1. The molecule has 0 bridgehead atoms. The zero-order chi connectivity index (χ0) is 17.8. The molecule has 0 aliphatic carbocycles. The van der Waals surface area contributed by atoms with Crippen LogP contribution in [0.25, 0.3) is 21.7 Å². The van der Waals surface area contributed by atoms with Crippen LogP contribution < -0.4 is 10.2 Å². The maximum atomic E-state index is 12.0. The lowest BCUT2D eigenvalue weighted by Crippen LogP contribution is -2.24. The summed E-state index contributed by atoms with van der Waals surface area (Å²) >= 11 is 0. The highest BCUT2D eigenvalue weighted by Gasteiger charge is 2.05. The van der Waals surface area contributed by atoms with Crippen molar-refractivity contribution < 1.29 is 9.53 Å². The molecule has 0 spiro atoms. The molecule has 0 radical (unpaired) electrons. The standard InChI is InChI=1S/C21H17N3O2/c25-21(14-26-20-11-5-7-15-6-1-2-9-18(15)20)24-23-13-16-12-22-19-10-4-3-8-17(16)19/h1-13,22H,14H2,(H,24,25)/b23-13-. The molecule has 0 saturated carbocycles. The summed E-state index contributed by atoms with van der Waals surface area (Å²) in [5.41, 5.74) is 4.44. The lowest BCUT2D eigenvalue weighted by Gasteiger charge is -2.08. The summed E-state index contributed by atoms with van der Waals surface area (Å²) in [4.78, 5) is 15.1. The van der Waals surface area contributed by atoms with Gasteiger partial charge in [-0.3, -0.25) is 4.79 Å². The SMILES string of the molecule is O=C(COc1cccc2ccccc12)N/N=C\c1c[nH]c2ccccc12. The van der Waals surface area contributed by atoms with Crippen molar-refractivity contribution in [3.63, 3.8) is 0 Å². The van der Waals surface area contributed by atoms with Crippen molar-refractivity contribution >= 4 is 33.8 Å². The van der Waals surface area contributed by atoms with Crippen LogP contribution in [-0.2, 0) is 4.79 Å². The van der Waals surface area contributed by atoms with Gasteiger partial charge in [-0.1, -0.05) is 54.6 Å². The lowest BCUT2D eigenvalue weighted by molar-refractivity contribution is -0.123. The van der Waals surface area contributed by atoms with Gasteiger partial charge in [0.05, 0.1) is 6.21 Å². The predicted octanol–water partition coefficient (Wildman–Crippen LogP) is 3.85. The zero-order valence-corrected chi connectivity index (χ0v) is 14.0. The molecule has 2 N–H and O–H groups in total. The number of rotatable bonds is 5. The van der Waals surface area contributed by atoms with E-state index in [4.69, 9.17) is 4.74 Å². The molecule has 0 atom stereocenters. The van der Waals surface area contributed by atoms with Crippen molar-refractivity contribution in [3.8, 4) is 5.75 Å². The molecular formula is C21H17N3O2. The van der Waals surface area contributed by atoms with E-state index in [2.05, 4.69) is 15.5 Å². The fourth-order valence-corrected chi connectivity index (χ4v) is 2.87. The van der Waals surface area contributed by atoms with Gasteiger partial charge in [-0.25, -0.2) is 5.43 Å². The van der Waals surface area contributed by atoms with E-state index in [-0.39, 0.29) is 12.5 Å². The molecular weight excluding hydrogens is 326 g/mol. The highest BCUT2D eigenvalue weighted by Crippen LogP contribution is 2.24. The highest BCUT2D eigenvalue weighted by molar-refractivity contribution is 5.99. The van der Waals surface area contributed by atoms with Crippen LogP contribution in [0.5, 0.6) is 5.75 Å². The van der Waals surface area contributed by atoms with Gasteiger partial charge in [0.25, 0.3) is 5.91 Å². The molecule has 0 saturated heterocycles. The van der Waals surface area contributed by atoms with E-state index < -0.39 is 0 Å². The Bertz CT molecular complexity index is 1090. The van der Waals surface area contributed by atoms with Crippen molar-refractivity contribution in [1.82, 2.24) is 10.4 Å². The molecule has 0 aliphatic heterocycles. The predicted molar refractivity (Wildman–Crippen MR) is 103 cm³/mol. The number of nitrogens with zero attached hydrogens (tertiary/aromatic N) is 1. The average Bonchev–Trinajstić information content (AvgIpc) is 3.09. The summed E-state index contributed by atoms with van der Waals surface area (Å²) in [6, 6.07) is 21.6. The first-order valence-corrected chi connectivity index (χ1v) is 8.30. The van der Waals surface area contributed by atoms with E-state index in [0.717, 1.165) is 27.2 Å². The molecule has 0 aliphatic rings. The maximum absolute atomic E-state index is 12.0. The van der Waals surface area contributed by atoms with Crippen molar-refractivity contribution in [2.75, 3.05) is 6.61 Å². The van der Waals surface area contributed by atoms with Gasteiger partial charge in [-0.15, -0.1) is 0 Å². The van der Waals surface area contributed by atoms with Gasteiger partial charge in [-0.05, 0) is 17.5 Å². The van der Waals surface area contributed by atoms with Crippen LogP contribution in [0.3, 0.4) is 0 Å². The zero-order valence-electron chi connectivity index (χ0n) is 14.0. The Balaban J connectivity index is 1.38. The number of ether oxygens (including phenoxy) is 1. The second-order valence-corrected chi connectivity index (χ2v) is 5.85. The topological polar surface area (TPSA) is 66.5 Å². The summed E-state index contributed by atoms with van der Waals surface area (Å²) in [5, 5.41) is 7.12. The van der Waals surface area contributed by atoms with E-state index in [1.165, 1.54) is 0 Å². The molecule has 5 nitrogen and oxygen atoms in total. The third-order valence-corrected chi connectivity index (χ3v) is 4.12. The Labute approximate surface area is 150 Å². The summed E-state index contributed by atoms with van der Waals surface area (Å²) in [7, 11) is 0. The largest absolute Gasteiger partial charge is 0.483 e. The molecule has 3 aromatic carbocycles. The number of para-hydroxylation sites is 1. The molecule has 0 fully saturated rings. The average molecular weight is 343 g/mol. The summed E-state index contributed by atoms with van der Waals surface area (Å²) in [5.74, 6) is 0.368. The second-order valence-electron chi connectivity index (χ2n) is 5.85. The van der Waals surface area contributed by atoms with Crippen LogP contribution in [0.2, 0.25) is 0 Å². The van der Waals surface area contributed by atoms with Gasteiger partial charge in [0, 0.05) is 28.0 Å². The van der Waals surface area contributed by atoms with E-state index in [0.29, 0.717) is 5.75 Å². The van der Waals surface area contributed by atoms with Gasteiger partial charge in [0.2, 0.25) is 0 Å². The van der Waals surface area contributed by atoms with Gasteiger partial charge < -0.3 is 9.72 Å². The molecule has 26 heavy (non-hydrogen) atoms. The number of aromatic nitrogens is 1. The van der Waals surface area contributed by atoms with Crippen LogP contribution >= 0.6 is 0 Å². The molecule has 128 valence electrons. The van der Waals surface area contributed by atoms with Crippen molar-refractivity contribution in [3.05, 3.63) is 78.5 Å². The quantitative estimate of drug-likeness (QED) is 0.427. The smallest absolute Gasteiger partial charge is 0.277 e. The fourth-order valence-electron chi connectivity index (χ4n) is 2.87. The molecule has 5 heteroatoms. The first-order valence-electron chi connectivity index (χ1n) is 8.30. The van der Waals surface area contributed by atoms with Crippen LogP contribution in [0.1, 0.15) is 5.56 Å². The number of carbonyl (C=O) groups excluding carboxylic acids is 1. The minimum absolute atomic E-state index is 0.0980. The molecule has 1 aromatic heterocycles. The van der Waals surface area contributed by atoms with Gasteiger partial charge >= 0.3 is 0 Å². The first-order chi connectivity index (χ1) is 12.8. The van der Waals surface area contributed by atoms with Gasteiger partial charge in [0.1, 0.15) is 5.75 Å². The van der Waals surface area contributed by atoms with Crippen molar-refractivity contribution in [1.29, 1.82) is 0 Å². The number of H-pyrrole nitrogens is 1. The first kappa shape index (κ1) is 15.9. The number of hydrazone groups is 1. The summed E-state index contributed by atoms with van der Waals surface area (Å²) < 4.78 is 5.65. The maximum Gasteiger partial charge on any atom is 0.277 e. The molecule has 4 rings (SSSR count). The highest BCUT2D eigenvalue weighted by atomic mass is 16.5. The molecule has 1 amide bonds. The Hall–Kier alpha value is -3.60. The van der Waals surface area contributed by atoms with Gasteiger partial charge in [-0.2, -0.15) is 5.10 Å².